The molecule has 6 nitrogen and oxygen atoms in total. The summed E-state index contributed by atoms with van der Waals surface area (Å²) in [5, 5.41) is -0.381. The Bertz CT molecular complexity index is 400. The van der Waals surface area contributed by atoms with Crippen molar-refractivity contribution in [2.75, 3.05) is 5.75 Å². The Labute approximate surface area is 74.7 Å². The van der Waals surface area contributed by atoms with Gasteiger partial charge in [-0.3, -0.25) is 4.79 Å². The van der Waals surface area contributed by atoms with Crippen molar-refractivity contribution in [1.29, 1.82) is 0 Å². The third kappa shape index (κ3) is 2.48. The van der Waals surface area contributed by atoms with E-state index in [0.29, 0.717) is 0 Å². The quantitative estimate of drug-likeness (QED) is 0.614. The Kier molecular flexibility index (Phi) is 2.57. The first kappa shape index (κ1) is 9.59. The van der Waals surface area contributed by atoms with E-state index >= 15 is 0 Å². The van der Waals surface area contributed by atoms with Crippen molar-refractivity contribution in [3.63, 3.8) is 0 Å². The smallest absolute Gasteiger partial charge is 0.247 e. The summed E-state index contributed by atoms with van der Waals surface area (Å²) < 4.78 is 22.4. The molecule has 0 fully saturated rings. The van der Waals surface area contributed by atoms with E-state index in [9.17, 15) is 13.2 Å². The van der Waals surface area contributed by atoms with Crippen LogP contribution in [0.15, 0.2) is 23.6 Å². The molecule has 1 aromatic rings. The SMILES string of the molecule is NC(=O)CS(=O)(=O)c1ncccn1. The molecule has 0 radical (unpaired) electrons. The number of sulfone groups is 1. The lowest BCUT2D eigenvalue weighted by molar-refractivity contribution is -0.115. The molecule has 1 amide bonds. The molecule has 0 unspecified atom stereocenters. The monoisotopic (exact) mass is 201 g/mol. The minimum atomic E-state index is -3.76. The van der Waals surface area contributed by atoms with E-state index in [4.69, 9.17) is 5.73 Å². The standard InChI is InChI=1S/C6H7N3O3S/c7-5(10)4-13(11,12)6-8-2-1-3-9-6/h1-3H,4H2,(H2,7,10). The number of primary amides is 1. The van der Waals surface area contributed by atoms with Gasteiger partial charge in [-0.2, -0.15) is 0 Å². The summed E-state index contributed by atoms with van der Waals surface area (Å²) in [7, 11) is -3.76. The Morgan fingerprint density at radius 2 is 1.92 bits per heavy atom. The number of rotatable bonds is 3. The molecule has 1 rings (SSSR count). The normalized spacial score (nSPS) is 11.1. The van der Waals surface area contributed by atoms with E-state index in [2.05, 4.69) is 9.97 Å². The molecular weight excluding hydrogens is 194 g/mol. The van der Waals surface area contributed by atoms with Crippen molar-refractivity contribution in [2.45, 2.75) is 5.16 Å². The van der Waals surface area contributed by atoms with Gasteiger partial charge in [0.05, 0.1) is 0 Å². The number of hydrogen-bond donors (Lipinski definition) is 1. The summed E-state index contributed by atoms with van der Waals surface area (Å²) in [6.45, 7) is 0. The molecule has 13 heavy (non-hydrogen) atoms. The summed E-state index contributed by atoms with van der Waals surface area (Å²) in [5.74, 6) is -1.69. The highest BCUT2D eigenvalue weighted by atomic mass is 32.2. The van der Waals surface area contributed by atoms with Crippen molar-refractivity contribution in [3.05, 3.63) is 18.5 Å². The minimum absolute atomic E-state index is 0.381. The maximum Gasteiger partial charge on any atom is 0.247 e. The summed E-state index contributed by atoms with van der Waals surface area (Å²) in [6, 6.07) is 1.48. The fourth-order valence-electron chi connectivity index (χ4n) is 0.698. The Morgan fingerprint density at radius 1 is 1.38 bits per heavy atom. The largest absolute Gasteiger partial charge is 0.369 e. The zero-order chi connectivity index (χ0) is 9.90. The van der Waals surface area contributed by atoms with Crippen LogP contribution >= 0.6 is 0 Å². The molecule has 0 aliphatic rings. The van der Waals surface area contributed by atoms with Crippen molar-refractivity contribution in [3.8, 4) is 0 Å². The summed E-state index contributed by atoms with van der Waals surface area (Å²) in [6.07, 6.45) is 2.56. The summed E-state index contributed by atoms with van der Waals surface area (Å²) in [5.41, 5.74) is 4.74. The van der Waals surface area contributed by atoms with Gasteiger partial charge in [0.2, 0.25) is 20.9 Å². The maximum absolute atomic E-state index is 11.2. The van der Waals surface area contributed by atoms with Gasteiger partial charge in [-0.1, -0.05) is 0 Å². The topological polar surface area (TPSA) is 103 Å². The fraction of sp³-hybridized carbons (Fsp3) is 0.167. The van der Waals surface area contributed by atoms with Gasteiger partial charge >= 0.3 is 0 Å². The number of nitrogens with zero attached hydrogens (tertiary/aromatic N) is 2. The molecule has 7 heteroatoms. The molecule has 0 aliphatic heterocycles. The van der Waals surface area contributed by atoms with Crippen LogP contribution in [0.5, 0.6) is 0 Å². The van der Waals surface area contributed by atoms with Crippen molar-refractivity contribution in [1.82, 2.24) is 9.97 Å². The van der Waals surface area contributed by atoms with Gasteiger partial charge in [-0.25, -0.2) is 18.4 Å². The molecule has 0 aliphatic carbocycles. The second-order valence-corrected chi connectivity index (χ2v) is 4.14. The number of amides is 1. The first-order valence-corrected chi connectivity index (χ1v) is 4.96. The lowest BCUT2D eigenvalue weighted by Crippen LogP contribution is -2.24. The number of hydrogen-bond acceptors (Lipinski definition) is 5. The van der Waals surface area contributed by atoms with Gasteiger partial charge in [-0.15, -0.1) is 0 Å². The maximum atomic E-state index is 11.2. The Morgan fingerprint density at radius 3 is 2.38 bits per heavy atom. The van der Waals surface area contributed by atoms with E-state index < -0.39 is 21.5 Å². The first-order chi connectivity index (χ1) is 6.02. The van der Waals surface area contributed by atoms with Gasteiger partial charge in [0, 0.05) is 12.4 Å². The van der Waals surface area contributed by atoms with Crippen molar-refractivity contribution >= 4 is 15.7 Å². The Hall–Kier alpha value is -1.50. The van der Waals surface area contributed by atoms with Crippen LogP contribution in [0.4, 0.5) is 0 Å². The molecule has 1 heterocycles. The molecule has 1 aromatic heterocycles. The number of carbonyl (C=O) groups is 1. The Balaban J connectivity index is 3.02. The molecule has 2 N–H and O–H groups in total. The second-order valence-electron chi connectivity index (χ2n) is 2.26. The van der Waals surface area contributed by atoms with Gasteiger partial charge in [0.1, 0.15) is 5.75 Å². The van der Waals surface area contributed by atoms with Crippen molar-refractivity contribution < 1.29 is 13.2 Å². The molecule has 0 atom stereocenters. The minimum Gasteiger partial charge on any atom is -0.369 e. The van der Waals surface area contributed by atoms with Crippen LogP contribution in [0.25, 0.3) is 0 Å². The molecule has 0 bridgehead atoms. The van der Waals surface area contributed by atoms with E-state index in [1.807, 2.05) is 0 Å². The highest BCUT2D eigenvalue weighted by Crippen LogP contribution is 2.01. The van der Waals surface area contributed by atoms with E-state index in [1.54, 1.807) is 0 Å². The predicted octanol–water partition coefficient (Wildman–Crippen LogP) is -1.26. The lowest BCUT2D eigenvalue weighted by Gasteiger charge is -1.97. The number of aromatic nitrogens is 2. The fourth-order valence-corrected chi connectivity index (χ4v) is 1.64. The molecule has 0 saturated carbocycles. The van der Waals surface area contributed by atoms with Crippen LogP contribution in [-0.4, -0.2) is 30.0 Å². The molecule has 0 aromatic carbocycles. The molecule has 70 valence electrons. The average Bonchev–Trinajstić information content (AvgIpc) is 2.04. The highest BCUT2D eigenvalue weighted by molar-refractivity contribution is 7.91. The average molecular weight is 201 g/mol. The second kappa shape index (κ2) is 3.48. The zero-order valence-electron chi connectivity index (χ0n) is 6.54. The number of nitrogens with two attached hydrogens (primary N) is 1. The van der Waals surface area contributed by atoms with Crippen LogP contribution in [-0.2, 0) is 14.6 Å². The lowest BCUT2D eigenvalue weighted by atomic mass is 10.7. The van der Waals surface area contributed by atoms with Gasteiger partial charge < -0.3 is 5.73 Å². The van der Waals surface area contributed by atoms with Crippen LogP contribution < -0.4 is 5.73 Å². The highest BCUT2D eigenvalue weighted by Gasteiger charge is 2.19. The molecular formula is C6H7N3O3S. The van der Waals surface area contributed by atoms with Crippen LogP contribution in [0.3, 0.4) is 0 Å². The zero-order valence-corrected chi connectivity index (χ0v) is 7.36. The van der Waals surface area contributed by atoms with Gasteiger partial charge in [-0.05, 0) is 6.07 Å². The van der Waals surface area contributed by atoms with Gasteiger partial charge in [0.15, 0.2) is 0 Å². The summed E-state index contributed by atoms with van der Waals surface area (Å²) in [4.78, 5) is 17.4. The third-order valence-corrected chi connectivity index (χ3v) is 2.58. The van der Waals surface area contributed by atoms with Gasteiger partial charge in [0.25, 0.3) is 0 Å². The van der Waals surface area contributed by atoms with E-state index in [-0.39, 0.29) is 5.16 Å². The van der Waals surface area contributed by atoms with E-state index in [0.717, 1.165) is 0 Å². The summed E-state index contributed by atoms with van der Waals surface area (Å²) >= 11 is 0. The predicted molar refractivity (Wildman–Crippen MR) is 43.3 cm³/mol. The number of carbonyl (C=O) groups excluding carboxylic acids is 1. The molecule has 0 spiro atoms. The third-order valence-electron chi connectivity index (χ3n) is 1.15. The van der Waals surface area contributed by atoms with Crippen LogP contribution in [0.1, 0.15) is 0 Å². The first-order valence-electron chi connectivity index (χ1n) is 3.30. The van der Waals surface area contributed by atoms with Crippen LogP contribution in [0.2, 0.25) is 0 Å². The molecule has 0 saturated heterocycles. The van der Waals surface area contributed by atoms with Crippen molar-refractivity contribution in [2.24, 2.45) is 5.73 Å². The van der Waals surface area contributed by atoms with E-state index in [1.165, 1.54) is 18.5 Å². The van der Waals surface area contributed by atoms with Crippen LogP contribution in [0, 0.1) is 0 Å².